The minimum absolute atomic E-state index is 0.626. The lowest BCUT2D eigenvalue weighted by Crippen LogP contribution is -2.31. The van der Waals surface area contributed by atoms with Crippen molar-refractivity contribution < 1.29 is 4.74 Å². The molecule has 1 aliphatic rings. The summed E-state index contributed by atoms with van der Waals surface area (Å²) in [6.45, 7) is 4.99. The summed E-state index contributed by atoms with van der Waals surface area (Å²) in [7, 11) is 4.28. The largest absolute Gasteiger partial charge is 0.493 e. The fourth-order valence-electron chi connectivity index (χ4n) is 2.49. The van der Waals surface area contributed by atoms with Crippen molar-refractivity contribution in [1.29, 1.82) is 0 Å². The summed E-state index contributed by atoms with van der Waals surface area (Å²) in [6.07, 6.45) is 2.21. The molecule has 0 spiro atoms. The SMILES string of the molecule is CCCOc1cc(N)cc(N2CCC(N(C)C)C2)c1. The molecule has 0 amide bonds. The first-order chi connectivity index (χ1) is 9.10. The van der Waals surface area contributed by atoms with Gasteiger partial charge in [0, 0.05) is 42.6 Å². The molecule has 1 heterocycles. The van der Waals surface area contributed by atoms with Crippen molar-refractivity contribution in [3.8, 4) is 5.75 Å². The Kier molecular flexibility index (Phi) is 4.53. The van der Waals surface area contributed by atoms with E-state index in [1.807, 2.05) is 12.1 Å². The summed E-state index contributed by atoms with van der Waals surface area (Å²) < 4.78 is 5.69. The van der Waals surface area contributed by atoms with Gasteiger partial charge in [0.15, 0.2) is 0 Å². The van der Waals surface area contributed by atoms with Crippen molar-refractivity contribution in [3.63, 3.8) is 0 Å². The number of benzene rings is 1. The minimum Gasteiger partial charge on any atom is -0.493 e. The second-order valence-corrected chi connectivity index (χ2v) is 5.46. The Bertz CT molecular complexity index is 420. The van der Waals surface area contributed by atoms with Gasteiger partial charge >= 0.3 is 0 Å². The molecule has 0 saturated carbocycles. The van der Waals surface area contributed by atoms with Gasteiger partial charge < -0.3 is 20.3 Å². The van der Waals surface area contributed by atoms with Gasteiger partial charge in [-0.2, -0.15) is 0 Å². The molecular formula is C15H25N3O. The number of rotatable bonds is 5. The van der Waals surface area contributed by atoms with Crippen LogP contribution in [-0.2, 0) is 0 Å². The molecular weight excluding hydrogens is 238 g/mol. The Morgan fingerprint density at radius 2 is 2.16 bits per heavy atom. The highest BCUT2D eigenvalue weighted by Crippen LogP contribution is 2.29. The van der Waals surface area contributed by atoms with Gasteiger partial charge in [-0.15, -0.1) is 0 Å². The van der Waals surface area contributed by atoms with E-state index in [9.17, 15) is 0 Å². The maximum Gasteiger partial charge on any atom is 0.123 e. The second kappa shape index (κ2) is 6.15. The number of nitrogen functional groups attached to an aromatic ring is 1. The fraction of sp³-hybridized carbons (Fsp3) is 0.600. The molecule has 1 atom stereocenters. The Morgan fingerprint density at radius 1 is 1.37 bits per heavy atom. The second-order valence-electron chi connectivity index (χ2n) is 5.46. The van der Waals surface area contributed by atoms with Crippen molar-refractivity contribution >= 4 is 11.4 Å². The zero-order valence-corrected chi connectivity index (χ0v) is 12.2. The topological polar surface area (TPSA) is 41.7 Å². The van der Waals surface area contributed by atoms with E-state index in [-0.39, 0.29) is 0 Å². The first kappa shape index (κ1) is 14.0. The Labute approximate surface area is 116 Å². The lowest BCUT2D eigenvalue weighted by atomic mass is 10.2. The third-order valence-corrected chi connectivity index (χ3v) is 3.65. The van der Waals surface area contributed by atoms with Crippen LogP contribution in [0.5, 0.6) is 5.75 Å². The molecule has 1 fully saturated rings. The summed E-state index contributed by atoms with van der Waals surface area (Å²) >= 11 is 0. The molecule has 0 bridgehead atoms. The van der Waals surface area contributed by atoms with E-state index in [0.29, 0.717) is 6.04 Å². The van der Waals surface area contributed by atoms with Crippen LogP contribution in [0.4, 0.5) is 11.4 Å². The van der Waals surface area contributed by atoms with Crippen LogP contribution < -0.4 is 15.4 Å². The minimum atomic E-state index is 0.626. The molecule has 0 aliphatic carbocycles. The molecule has 4 nitrogen and oxygen atoms in total. The zero-order valence-electron chi connectivity index (χ0n) is 12.2. The molecule has 0 radical (unpaired) electrons. The molecule has 1 aromatic rings. The molecule has 2 rings (SSSR count). The number of anilines is 2. The van der Waals surface area contributed by atoms with Crippen LogP contribution in [0.1, 0.15) is 19.8 Å². The molecule has 1 unspecified atom stereocenters. The molecule has 106 valence electrons. The number of ether oxygens (including phenoxy) is 1. The van der Waals surface area contributed by atoms with Crippen molar-refractivity contribution in [3.05, 3.63) is 18.2 Å². The van der Waals surface area contributed by atoms with Gasteiger partial charge in [0.25, 0.3) is 0 Å². The summed E-state index contributed by atoms with van der Waals surface area (Å²) in [5.41, 5.74) is 7.93. The summed E-state index contributed by atoms with van der Waals surface area (Å²) in [4.78, 5) is 4.68. The van der Waals surface area contributed by atoms with Gasteiger partial charge in [0.1, 0.15) is 5.75 Å². The lowest BCUT2D eigenvalue weighted by Gasteiger charge is -2.22. The number of hydrogen-bond donors (Lipinski definition) is 1. The van der Waals surface area contributed by atoms with E-state index in [1.54, 1.807) is 0 Å². The highest BCUT2D eigenvalue weighted by Gasteiger charge is 2.24. The summed E-state index contributed by atoms with van der Waals surface area (Å²) in [6, 6.07) is 6.67. The normalized spacial score (nSPS) is 19.2. The van der Waals surface area contributed by atoms with Crippen molar-refractivity contribution in [2.24, 2.45) is 0 Å². The van der Waals surface area contributed by atoms with Crippen LogP contribution in [0.25, 0.3) is 0 Å². The molecule has 19 heavy (non-hydrogen) atoms. The average Bonchev–Trinajstić information content (AvgIpc) is 2.85. The van der Waals surface area contributed by atoms with Gasteiger partial charge in [0.05, 0.1) is 6.61 Å². The molecule has 4 heteroatoms. The standard InChI is InChI=1S/C15H25N3O/c1-4-7-19-15-9-12(16)8-14(10-15)18-6-5-13(11-18)17(2)3/h8-10,13H,4-7,11,16H2,1-3H3. The quantitative estimate of drug-likeness (QED) is 0.827. The molecule has 0 aromatic heterocycles. The van der Waals surface area contributed by atoms with E-state index in [2.05, 4.69) is 36.9 Å². The van der Waals surface area contributed by atoms with E-state index in [4.69, 9.17) is 10.5 Å². The summed E-state index contributed by atoms with van der Waals surface area (Å²) in [5, 5.41) is 0. The molecule has 1 aliphatic heterocycles. The fourth-order valence-corrected chi connectivity index (χ4v) is 2.49. The van der Waals surface area contributed by atoms with E-state index in [0.717, 1.165) is 37.6 Å². The molecule has 1 aromatic carbocycles. The third kappa shape index (κ3) is 3.53. The highest BCUT2D eigenvalue weighted by atomic mass is 16.5. The van der Waals surface area contributed by atoms with Crippen molar-refractivity contribution in [2.75, 3.05) is 44.4 Å². The van der Waals surface area contributed by atoms with Crippen LogP contribution in [0.15, 0.2) is 18.2 Å². The van der Waals surface area contributed by atoms with Gasteiger partial charge in [0.2, 0.25) is 0 Å². The van der Waals surface area contributed by atoms with Crippen LogP contribution in [-0.4, -0.2) is 44.7 Å². The summed E-state index contributed by atoms with van der Waals surface area (Å²) in [5.74, 6) is 0.880. The zero-order chi connectivity index (χ0) is 13.8. The van der Waals surface area contributed by atoms with E-state index >= 15 is 0 Å². The van der Waals surface area contributed by atoms with Crippen LogP contribution in [0.3, 0.4) is 0 Å². The number of likely N-dealkylation sites (N-methyl/N-ethyl adjacent to an activating group) is 1. The number of hydrogen-bond acceptors (Lipinski definition) is 4. The van der Waals surface area contributed by atoms with E-state index in [1.165, 1.54) is 12.1 Å². The number of nitrogens with two attached hydrogens (primary N) is 1. The molecule has 1 saturated heterocycles. The third-order valence-electron chi connectivity index (χ3n) is 3.65. The lowest BCUT2D eigenvalue weighted by molar-refractivity contribution is 0.315. The van der Waals surface area contributed by atoms with Crippen LogP contribution >= 0.6 is 0 Å². The van der Waals surface area contributed by atoms with Crippen molar-refractivity contribution in [1.82, 2.24) is 4.90 Å². The predicted molar refractivity (Wildman–Crippen MR) is 80.9 cm³/mol. The first-order valence-corrected chi connectivity index (χ1v) is 7.05. The maximum absolute atomic E-state index is 5.98. The number of nitrogens with zero attached hydrogens (tertiary/aromatic N) is 2. The van der Waals surface area contributed by atoms with Crippen molar-refractivity contribution in [2.45, 2.75) is 25.8 Å². The highest BCUT2D eigenvalue weighted by molar-refractivity contribution is 5.61. The van der Waals surface area contributed by atoms with Crippen LogP contribution in [0, 0.1) is 0 Å². The van der Waals surface area contributed by atoms with Gasteiger partial charge in [-0.1, -0.05) is 6.92 Å². The Balaban J connectivity index is 2.09. The smallest absolute Gasteiger partial charge is 0.123 e. The Morgan fingerprint density at radius 3 is 2.79 bits per heavy atom. The Hall–Kier alpha value is -1.42. The van der Waals surface area contributed by atoms with Gasteiger partial charge in [-0.05, 0) is 33.0 Å². The maximum atomic E-state index is 5.98. The van der Waals surface area contributed by atoms with E-state index < -0.39 is 0 Å². The van der Waals surface area contributed by atoms with Crippen LogP contribution in [0.2, 0.25) is 0 Å². The molecule has 2 N–H and O–H groups in total. The average molecular weight is 263 g/mol. The predicted octanol–water partition coefficient (Wildman–Crippen LogP) is 2.20. The first-order valence-electron chi connectivity index (χ1n) is 7.05. The van der Waals surface area contributed by atoms with Gasteiger partial charge in [-0.3, -0.25) is 0 Å². The van der Waals surface area contributed by atoms with Gasteiger partial charge in [-0.25, -0.2) is 0 Å². The monoisotopic (exact) mass is 263 g/mol.